The van der Waals surface area contributed by atoms with Crippen LogP contribution < -0.4 is 5.32 Å². The SMILES string of the molecule is CCC(NC1CC1)C1CC1. The van der Waals surface area contributed by atoms with Crippen LogP contribution in [0.2, 0.25) is 0 Å². The molecular weight excluding hydrogens is 122 g/mol. The van der Waals surface area contributed by atoms with Crippen LogP contribution in [0.3, 0.4) is 0 Å². The van der Waals surface area contributed by atoms with Gasteiger partial charge in [-0.25, -0.2) is 0 Å². The Bertz CT molecular complexity index is 114. The molecule has 1 N–H and O–H groups in total. The number of hydrogen-bond donors (Lipinski definition) is 1. The van der Waals surface area contributed by atoms with E-state index in [0.29, 0.717) is 0 Å². The molecule has 0 aromatic carbocycles. The third-order valence-electron chi connectivity index (χ3n) is 2.66. The summed E-state index contributed by atoms with van der Waals surface area (Å²) in [5.41, 5.74) is 0. The lowest BCUT2D eigenvalue weighted by molar-refractivity contribution is 0.447. The summed E-state index contributed by atoms with van der Waals surface area (Å²) < 4.78 is 0. The topological polar surface area (TPSA) is 12.0 Å². The van der Waals surface area contributed by atoms with Crippen molar-refractivity contribution in [2.24, 2.45) is 5.92 Å². The maximum Gasteiger partial charge on any atom is 0.00952 e. The van der Waals surface area contributed by atoms with Gasteiger partial charge in [-0.1, -0.05) is 6.92 Å². The Hall–Kier alpha value is -0.0400. The average Bonchev–Trinajstić information content (AvgIpc) is 2.76. The van der Waals surface area contributed by atoms with Gasteiger partial charge in [0.1, 0.15) is 0 Å². The minimum atomic E-state index is 0.868. The van der Waals surface area contributed by atoms with Crippen LogP contribution in [0.15, 0.2) is 0 Å². The summed E-state index contributed by atoms with van der Waals surface area (Å²) >= 11 is 0. The molecule has 2 fully saturated rings. The van der Waals surface area contributed by atoms with Crippen LogP contribution >= 0.6 is 0 Å². The van der Waals surface area contributed by atoms with Gasteiger partial charge in [0.05, 0.1) is 0 Å². The first-order valence-corrected chi connectivity index (χ1v) is 4.66. The first-order valence-electron chi connectivity index (χ1n) is 4.66. The van der Waals surface area contributed by atoms with Crippen molar-refractivity contribution in [1.82, 2.24) is 5.32 Å². The molecule has 58 valence electrons. The molecule has 1 atom stereocenters. The number of rotatable bonds is 4. The summed E-state index contributed by atoms with van der Waals surface area (Å²) in [6.07, 6.45) is 7.17. The Balaban J connectivity index is 1.73. The first-order chi connectivity index (χ1) is 4.90. The van der Waals surface area contributed by atoms with Crippen LogP contribution in [0.5, 0.6) is 0 Å². The van der Waals surface area contributed by atoms with Gasteiger partial charge in [-0.3, -0.25) is 0 Å². The first kappa shape index (κ1) is 6.66. The van der Waals surface area contributed by atoms with E-state index in [1.807, 2.05) is 0 Å². The number of nitrogens with one attached hydrogen (secondary N) is 1. The van der Waals surface area contributed by atoms with E-state index in [4.69, 9.17) is 0 Å². The molecule has 0 heterocycles. The van der Waals surface area contributed by atoms with Crippen LogP contribution in [0, 0.1) is 5.92 Å². The van der Waals surface area contributed by atoms with Gasteiger partial charge in [0.25, 0.3) is 0 Å². The van der Waals surface area contributed by atoms with Crippen LogP contribution in [0.4, 0.5) is 0 Å². The average molecular weight is 139 g/mol. The van der Waals surface area contributed by atoms with E-state index in [0.717, 1.165) is 18.0 Å². The summed E-state index contributed by atoms with van der Waals surface area (Å²) in [5, 5.41) is 3.70. The summed E-state index contributed by atoms with van der Waals surface area (Å²) in [6, 6.07) is 1.78. The van der Waals surface area contributed by atoms with Crippen molar-refractivity contribution in [3.05, 3.63) is 0 Å². The van der Waals surface area contributed by atoms with Crippen molar-refractivity contribution in [1.29, 1.82) is 0 Å². The molecule has 1 unspecified atom stereocenters. The molecule has 0 spiro atoms. The van der Waals surface area contributed by atoms with Crippen LogP contribution in [0.25, 0.3) is 0 Å². The van der Waals surface area contributed by atoms with Crippen molar-refractivity contribution in [3.8, 4) is 0 Å². The predicted molar refractivity (Wildman–Crippen MR) is 43.0 cm³/mol. The van der Waals surface area contributed by atoms with Gasteiger partial charge in [0.2, 0.25) is 0 Å². The van der Waals surface area contributed by atoms with Gasteiger partial charge >= 0.3 is 0 Å². The molecule has 0 saturated heterocycles. The van der Waals surface area contributed by atoms with Crippen molar-refractivity contribution in [2.45, 2.75) is 51.1 Å². The van der Waals surface area contributed by atoms with E-state index in [1.54, 1.807) is 0 Å². The van der Waals surface area contributed by atoms with Crippen molar-refractivity contribution < 1.29 is 0 Å². The molecule has 1 heteroatoms. The van der Waals surface area contributed by atoms with Gasteiger partial charge < -0.3 is 5.32 Å². The summed E-state index contributed by atoms with van der Waals surface area (Å²) in [6.45, 7) is 2.30. The van der Waals surface area contributed by atoms with E-state index >= 15 is 0 Å². The van der Waals surface area contributed by atoms with E-state index in [1.165, 1.54) is 32.1 Å². The van der Waals surface area contributed by atoms with Gasteiger partial charge in [0, 0.05) is 12.1 Å². The minimum Gasteiger partial charge on any atom is -0.311 e. The second-order valence-electron chi connectivity index (χ2n) is 3.79. The van der Waals surface area contributed by atoms with Gasteiger partial charge in [-0.15, -0.1) is 0 Å². The number of hydrogen-bond acceptors (Lipinski definition) is 1. The Morgan fingerprint density at radius 3 is 2.40 bits per heavy atom. The smallest absolute Gasteiger partial charge is 0.00952 e. The Labute approximate surface area is 63.2 Å². The van der Waals surface area contributed by atoms with Crippen molar-refractivity contribution >= 4 is 0 Å². The summed E-state index contributed by atoms with van der Waals surface area (Å²) in [4.78, 5) is 0. The zero-order valence-electron chi connectivity index (χ0n) is 6.77. The molecule has 2 saturated carbocycles. The van der Waals surface area contributed by atoms with E-state index in [9.17, 15) is 0 Å². The molecule has 2 aliphatic rings. The highest BCUT2D eigenvalue weighted by molar-refractivity contribution is 4.91. The van der Waals surface area contributed by atoms with Crippen molar-refractivity contribution in [2.75, 3.05) is 0 Å². The highest BCUT2D eigenvalue weighted by Gasteiger charge is 2.33. The second kappa shape index (κ2) is 2.54. The lowest BCUT2D eigenvalue weighted by atomic mass is 10.1. The third-order valence-corrected chi connectivity index (χ3v) is 2.66. The van der Waals surface area contributed by atoms with E-state index in [-0.39, 0.29) is 0 Å². The molecule has 0 aliphatic heterocycles. The molecule has 0 aromatic heterocycles. The Morgan fingerprint density at radius 1 is 1.30 bits per heavy atom. The summed E-state index contributed by atoms with van der Waals surface area (Å²) in [7, 11) is 0. The molecule has 1 nitrogen and oxygen atoms in total. The molecular formula is C9H17N. The minimum absolute atomic E-state index is 0.868. The Kier molecular flexibility index (Phi) is 1.69. The molecule has 0 radical (unpaired) electrons. The fourth-order valence-corrected chi connectivity index (χ4v) is 1.64. The zero-order chi connectivity index (χ0) is 6.97. The molecule has 2 aliphatic carbocycles. The summed E-state index contributed by atoms with van der Waals surface area (Å²) in [5.74, 6) is 1.05. The molecule has 2 rings (SSSR count). The van der Waals surface area contributed by atoms with Crippen LogP contribution in [-0.4, -0.2) is 12.1 Å². The van der Waals surface area contributed by atoms with Gasteiger partial charge in [0.15, 0.2) is 0 Å². The fourth-order valence-electron chi connectivity index (χ4n) is 1.64. The maximum absolute atomic E-state index is 3.70. The lowest BCUT2D eigenvalue weighted by Crippen LogP contribution is -2.31. The van der Waals surface area contributed by atoms with E-state index < -0.39 is 0 Å². The third kappa shape index (κ3) is 1.51. The van der Waals surface area contributed by atoms with Crippen LogP contribution in [0.1, 0.15) is 39.0 Å². The van der Waals surface area contributed by atoms with Gasteiger partial charge in [-0.05, 0) is 38.0 Å². The largest absolute Gasteiger partial charge is 0.311 e. The highest BCUT2D eigenvalue weighted by atomic mass is 15.0. The van der Waals surface area contributed by atoms with E-state index in [2.05, 4.69) is 12.2 Å². The second-order valence-corrected chi connectivity index (χ2v) is 3.79. The fraction of sp³-hybridized carbons (Fsp3) is 1.00. The monoisotopic (exact) mass is 139 g/mol. The maximum atomic E-state index is 3.70. The van der Waals surface area contributed by atoms with Crippen LogP contribution in [-0.2, 0) is 0 Å². The quantitative estimate of drug-likeness (QED) is 0.627. The molecule has 0 aromatic rings. The predicted octanol–water partition coefficient (Wildman–Crippen LogP) is 1.93. The Morgan fingerprint density at radius 2 is 2.00 bits per heavy atom. The molecule has 10 heavy (non-hydrogen) atoms. The standard InChI is InChI=1S/C9H17N/c1-2-9(7-3-4-7)10-8-5-6-8/h7-10H,2-6H2,1H3. The lowest BCUT2D eigenvalue weighted by Gasteiger charge is -2.14. The normalized spacial score (nSPS) is 28.5. The molecule has 0 amide bonds. The molecule has 0 bridgehead atoms. The highest BCUT2D eigenvalue weighted by Crippen LogP contribution is 2.35. The van der Waals surface area contributed by atoms with Crippen molar-refractivity contribution in [3.63, 3.8) is 0 Å². The zero-order valence-corrected chi connectivity index (χ0v) is 6.77. The van der Waals surface area contributed by atoms with Gasteiger partial charge in [-0.2, -0.15) is 0 Å².